The zero-order chi connectivity index (χ0) is 10.1. The van der Waals surface area contributed by atoms with Gasteiger partial charge in [-0.2, -0.15) is 0 Å². The van der Waals surface area contributed by atoms with Crippen LogP contribution in [-0.2, 0) is 9.09 Å². The van der Waals surface area contributed by atoms with Gasteiger partial charge in [0.15, 0.2) is 0 Å². The van der Waals surface area contributed by atoms with Crippen molar-refractivity contribution < 1.29 is 9.09 Å². The van der Waals surface area contributed by atoms with Gasteiger partial charge in [0.2, 0.25) is 0 Å². The van der Waals surface area contributed by atoms with Crippen LogP contribution in [0.1, 0.15) is 0 Å². The second-order valence-electron chi connectivity index (χ2n) is 3.22. The summed E-state index contributed by atoms with van der Waals surface area (Å²) in [7, 11) is 2.24. The van der Waals surface area contributed by atoms with Gasteiger partial charge in [0, 0.05) is 26.1 Å². The maximum Gasteiger partial charge on any atom is 0.345 e. The fourth-order valence-electron chi connectivity index (χ4n) is 1.55. The molecular formula is C8H15N2O2P. The highest BCUT2D eigenvalue weighted by Gasteiger charge is 2.39. The minimum Gasteiger partial charge on any atom is -0.309 e. The Kier molecular flexibility index (Phi) is 3.15. The van der Waals surface area contributed by atoms with Crippen LogP contribution in [-0.4, -0.2) is 43.6 Å². The molecule has 0 N–H and O–H groups in total. The normalized spacial score (nSPS) is 37.2. The third kappa shape index (κ3) is 1.79. The molecule has 0 spiro atoms. The van der Waals surface area contributed by atoms with Crippen LogP contribution in [0.5, 0.6) is 0 Å². The molecule has 1 fully saturated rings. The van der Waals surface area contributed by atoms with E-state index in [1.54, 1.807) is 23.4 Å². The molecule has 1 rings (SSSR count). The number of hydrogen-bond acceptors (Lipinski definition) is 2. The Hall–Kier alpha value is -0.330. The van der Waals surface area contributed by atoms with Crippen molar-refractivity contribution >= 4 is 7.67 Å². The molecule has 4 nitrogen and oxygen atoms in total. The van der Waals surface area contributed by atoms with E-state index in [0.29, 0.717) is 13.1 Å². The summed E-state index contributed by atoms with van der Waals surface area (Å²) in [5.74, 6) is 2.80. The molecule has 1 aliphatic heterocycles. The van der Waals surface area contributed by atoms with Gasteiger partial charge >= 0.3 is 7.67 Å². The van der Waals surface area contributed by atoms with Crippen LogP contribution in [0.4, 0.5) is 0 Å². The van der Waals surface area contributed by atoms with Crippen molar-refractivity contribution in [2.75, 3.05) is 34.3 Å². The Morgan fingerprint density at radius 3 is 2.23 bits per heavy atom. The van der Waals surface area contributed by atoms with Crippen molar-refractivity contribution in [3.63, 3.8) is 0 Å². The maximum atomic E-state index is 12.1. The fraction of sp³-hybridized carbons (Fsp3) is 0.750. The molecule has 1 aliphatic rings. The molecule has 0 bridgehead atoms. The van der Waals surface area contributed by atoms with Crippen LogP contribution in [0.25, 0.3) is 0 Å². The van der Waals surface area contributed by atoms with E-state index < -0.39 is 7.67 Å². The van der Waals surface area contributed by atoms with Gasteiger partial charge in [-0.05, 0) is 14.1 Å². The Morgan fingerprint density at radius 2 is 1.92 bits per heavy atom. The average Bonchev–Trinajstić information content (AvgIpc) is 2.13. The van der Waals surface area contributed by atoms with Crippen molar-refractivity contribution in [2.24, 2.45) is 5.92 Å². The number of nitrogens with zero attached hydrogens (tertiary/aromatic N) is 2. The van der Waals surface area contributed by atoms with Gasteiger partial charge in [0.1, 0.15) is 0 Å². The molecule has 0 amide bonds. The highest BCUT2D eigenvalue weighted by Crippen LogP contribution is 2.54. The van der Waals surface area contributed by atoms with Crippen molar-refractivity contribution in [2.45, 2.75) is 0 Å². The molecule has 5 heteroatoms. The Labute approximate surface area is 79.4 Å². The first-order valence-electron chi connectivity index (χ1n) is 4.09. The minimum atomic E-state index is -2.76. The number of terminal acetylenes is 1. The molecule has 0 radical (unpaired) electrons. The molecule has 0 aromatic carbocycles. The Balaban J connectivity index is 2.83. The third-order valence-electron chi connectivity index (χ3n) is 2.31. The van der Waals surface area contributed by atoms with Gasteiger partial charge in [-0.25, -0.2) is 9.34 Å². The predicted molar refractivity (Wildman–Crippen MR) is 52.2 cm³/mol. The second-order valence-corrected chi connectivity index (χ2v) is 5.93. The van der Waals surface area contributed by atoms with Gasteiger partial charge in [0.25, 0.3) is 0 Å². The smallest absolute Gasteiger partial charge is 0.309 e. The summed E-state index contributed by atoms with van der Waals surface area (Å²) < 4.78 is 20.5. The van der Waals surface area contributed by atoms with Crippen LogP contribution < -0.4 is 0 Å². The van der Waals surface area contributed by atoms with E-state index in [4.69, 9.17) is 10.9 Å². The molecule has 1 saturated heterocycles. The predicted octanol–water partition coefficient (Wildman–Crippen LogP) is 0.867. The first-order chi connectivity index (χ1) is 6.04. The summed E-state index contributed by atoms with van der Waals surface area (Å²) in [4.78, 5) is 0. The van der Waals surface area contributed by atoms with E-state index in [1.807, 2.05) is 0 Å². The lowest BCUT2D eigenvalue weighted by atomic mass is 10.1. The molecule has 0 aromatic heterocycles. The van der Waals surface area contributed by atoms with Gasteiger partial charge in [0.05, 0.1) is 0 Å². The summed E-state index contributed by atoms with van der Waals surface area (Å²) in [6, 6.07) is 0. The van der Waals surface area contributed by atoms with Gasteiger partial charge in [-0.3, -0.25) is 4.57 Å². The largest absolute Gasteiger partial charge is 0.345 e. The van der Waals surface area contributed by atoms with Crippen molar-refractivity contribution in [1.29, 1.82) is 0 Å². The van der Waals surface area contributed by atoms with Crippen LogP contribution >= 0.6 is 7.67 Å². The summed E-state index contributed by atoms with van der Waals surface area (Å²) in [5, 5.41) is 0. The minimum absolute atomic E-state index is 0.132. The first-order valence-corrected chi connectivity index (χ1v) is 5.62. The van der Waals surface area contributed by atoms with Crippen LogP contribution in [0.3, 0.4) is 0 Å². The Morgan fingerprint density at radius 1 is 1.46 bits per heavy atom. The van der Waals surface area contributed by atoms with E-state index in [9.17, 15) is 4.57 Å². The number of rotatable bonds is 1. The molecule has 74 valence electrons. The van der Waals surface area contributed by atoms with Crippen LogP contribution in [0.15, 0.2) is 0 Å². The highest BCUT2D eigenvalue weighted by atomic mass is 31.2. The van der Waals surface area contributed by atoms with E-state index in [0.717, 1.165) is 0 Å². The van der Waals surface area contributed by atoms with Crippen molar-refractivity contribution in [1.82, 2.24) is 9.34 Å². The van der Waals surface area contributed by atoms with E-state index in [2.05, 4.69) is 5.92 Å². The third-order valence-corrected chi connectivity index (χ3v) is 4.83. The fourth-order valence-corrected chi connectivity index (χ4v) is 3.43. The SMILES string of the molecule is C#CC1CN(C)P(=O)(OC)N(C)C1. The van der Waals surface area contributed by atoms with Crippen molar-refractivity contribution in [3.8, 4) is 12.3 Å². The summed E-state index contributed by atoms with van der Waals surface area (Å²) in [6.45, 7) is 1.26. The quantitative estimate of drug-likeness (QED) is 0.466. The van der Waals surface area contributed by atoms with Crippen molar-refractivity contribution in [3.05, 3.63) is 0 Å². The van der Waals surface area contributed by atoms with E-state index >= 15 is 0 Å². The Bertz CT molecular complexity index is 258. The standard InChI is InChI=1S/C8H15N2O2P/c1-5-8-6-9(2)13(11,12-4)10(3)7-8/h1,8H,6-7H2,2-4H3. The topological polar surface area (TPSA) is 32.8 Å². The molecule has 0 aromatic rings. The molecule has 0 saturated carbocycles. The maximum absolute atomic E-state index is 12.1. The van der Waals surface area contributed by atoms with Gasteiger partial charge in [-0.1, -0.05) is 0 Å². The number of hydrogen-bond donors (Lipinski definition) is 0. The van der Waals surface area contributed by atoms with E-state index in [-0.39, 0.29) is 5.92 Å². The summed E-state index contributed by atoms with van der Waals surface area (Å²) >= 11 is 0. The van der Waals surface area contributed by atoms with Crippen LogP contribution in [0.2, 0.25) is 0 Å². The summed E-state index contributed by atoms with van der Waals surface area (Å²) in [5.41, 5.74) is 0. The highest BCUT2D eigenvalue weighted by molar-refractivity contribution is 7.53. The zero-order valence-corrected chi connectivity index (χ0v) is 9.12. The molecule has 0 atom stereocenters. The van der Waals surface area contributed by atoms with Gasteiger partial charge in [-0.15, -0.1) is 12.3 Å². The molecular weight excluding hydrogens is 187 g/mol. The average molecular weight is 202 g/mol. The monoisotopic (exact) mass is 202 g/mol. The van der Waals surface area contributed by atoms with E-state index in [1.165, 1.54) is 7.11 Å². The molecule has 13 heavy (non-hydrogen) atoms. The van der Waals surface area contributed by atoms with Gasteiger partial charge < -0.3 is 4.52 Å². The lowest BCUT2D eigenvalue weighted by Gasteiger charge is -2.39. The summed E-state index contributed by atoms with van der Waals surface area (Å²) in [6.07, 6.45) is 5.32. The second kappa shape index (κ2) is 3.81. The molecule has 1 heterocycles. The molecule has 0 unspecified atom stereocenters. The first kappa shape index (κ1) is 10.7. The lowest BCUT2D eigenvalue weighted by molar-refractivity contribution is 0.217. The molecule has 0 aliphatic carbocycles. The lowest BCUT2D eigenvalue weighted by Crippen LogP contribution is -2.41. The van der Waals surface area contributed by atoms with Crippen LogP contribution in [0, 0.1) is 18.3 Å². The zero-order valence-electron chi connectivity index (χ0n) is 8.23.